The van der Waals surface area contributed by atoms with E-state index < -0.39 is 6.10 Å². The van der Waals surface area contributed by atoms with Gasteiger partial charge in [0.1, 0.15) is 5.58 Å². The van der Waals surface area contributed by atoms with Crippen LogP contribution in [-0.4, -0.2) is 29.5 Å². The number of hydrogen-bond acceptors (Lipinski definition) is 4. The highest BCUT2D eigenvalue weighted by molar-refractivity contribution is 6.18. The van der Waals surface area contributed by atoms with Crippen molar-refractivity contribution >= 4 is 39.9 Å². The van der Waals surface area contributed by atoms with Gasteiger partial charge in [-0.25, -0.2) is 0 Å². The number of hydrogen-bond donors (Lipinski definition) is 3. The highest BCUT2D eigenvalue weighted by Crippen LogP contribution is 2.20. The standard InChI is InChI=1S/C18H17ClN2O3/c19-10-15(22)11-20-13-5-7-14(8-6-13)21-18(23)17-9-12-3-1-2-4-16(12)24-17/h1-9,15,20,22H,10-11H2,(H,21,23). The fourth-order valence-electron chi connectivity index (χ4n) is 2.25. The minimum Gasteiger partial charge on any atom is -0.451 e. The molecule has 0 saturated heterocycles. The van der Waals surface area contributed by atoms with Gasteiger partial charge in [-0.2, -0.15) is 0 Å². The summed E-state index contributed by atoms with van der Waals surface area (Å²) in [5.41, 5.74) is 2.17. The van der Waals surface area contributed by atoms with E-state index in [4.69, 9.17) is 16.0 Å². The van der Waals surface area contributed by atoms with E-state index in [0.717, 1.165) is 11.1 Å². The molecule has 1 unspecified atom stereocenters. The second kappa shape index (κ2) is 7.38. The Morgan fingerprint density at radius 2 is 1.83 bits per heavy atom. The summed E-state index contributed by atoms with van der Waals surface area (Å²) in [6.07, 6.45) is -0.598. The maximum absolute atomic E-state index is 12.3. The molecule has 1 aromatic heterocycles. The van der Waals surface area contributed by atoms with Crippen molar-refractivity contribution < 1.29 is 14.3 Å². The molecule has 1 atom stereocenters. The largest absolute Gasteiger partial charge is 0.451 e. The van der Waals surface area contributed by atoms with E-state index in [2.05, 4.69) is 10.6 Å². The number of alkyl halides is 1. The third-order valence-electron chi connectivity index (χ3n) is 3.51. The molecule has 0 radical (unpaired) electrons. The lowest BCUT2D eigenvalue weighted by molar-refractivity contribution is 0.0998. The average molecular weight is 345 g/mol. The van der Waals surface area contributed by atoms with Crippen LogP contribution in [0.3, 0.4) is 0 Å². The lowest BCUT2D eigenvalue weighted by Gasteiger charge is -2.10. The van der Waals surface area contributed by atoms with Crippen LogP contribution in [0.15, 0.2) is 59.0 Å². The number of carbonyl (C=O) groups is 1. The molecule has 5 nitrogen and oxygen atoms in total. The highest BCUT2D eigenvalue weighted by Gasteiger charge is 2.12. The van der Waals surface area contributed by atoms with E-state index in [9.17, 15) is 9.90 Å². The maximum Gasteiger partial charge on any atom is 0.291 e. The Balaban J connectivity index is 1.63. The quantitative estimate of drug-likeness (QED) is 0.596. The van der Waals surface area contributed by atoms with Crippen LogP contribution in [0.25, 0.3) is 11.0 Å². The topological polar surface area (TPSA) is 74.5 Å². The molecule has 0 saturated carbocycles. The number of carbonyl (C=O) groups excluding carboxylic acids is 1. The maximum atomic E-state index is 12.3. The Labute approximate surface area is 144 Å². The smallest absolute Gasteiger partial charge is 0.291 e. The molecule has 1 amide bonds. The monoisotopic (exact) mass is 344 g/mol. The number of halogens is 1. The average Bonchev–Trinajstić information content (AvgIpc) is 3.05. The predicted octanol–water partition coefficient (Wildman–Crippen LogP) is 3.70. The summed E-state index contributed by atoms with van der Waals surface area (Å²) in [6, 6.07) is 16.4. The molecule has 6 heteroatoms. The van der Waals surface area contributed by atoms with E-state index in [1.807, 2.05) is 36.4 Å². The first-order chi connectivity index (χ1) is 11.7. The van der Waals surface area contributed by atoms with Crippen LogP contribution in [0.5, 0.6) is 0 Å². The number of anilines is 2. The summed E-state index contributed by atoms with van der Waals surface area (Å²) in [7, 11) is 0. The van der Waals surface area contributed by atoms with Crippen LogP contribution in [-0.2, 0) is 0 Å². The Morgan fingerprint density at radius 1 is 1.12 bits per heavy atom. The van der Waals surface area contributed by atoms with Crippen molar-refractivity contribution in [2.24, 2.45) is 0 Å². The minimum absolute atomic E-state index is 0.179. The van der Waals surface area contributed by atoms with Crippen molar-refractivity contribution in [3.8, 4) is 0 Å². The number of rotatable bonds is 6. The lowest BCUT2D eigenvalue weighted by atomic mass is 10.2. The zero-order chi connectivity index (χ0) is 16.9. The molecule has 2 aromatic carbocycles. The van der Waals surface area contributed by atoms with Gasteiger partial charge in [0, 0.05) is 23.3 Å². The molecule has 24 heavy (non-hydrogen) atoms. The summed E-state index contributed by atoms with van der Waals surface area (Å²) < 4.78 is 5.54. The van der Waals surface area contributed by atoms with Crippen LogP contribution in [0.4, 0.5) is 11.4 Å². The van der Waals surface area contributed by atoms with Gasteiger partial charge in [0.05, 0.1) is 12.0 Å². The molecule has 0 spiro atoms. The van der Waals surface area contributed by atoms with Gasteiger partial charge in [0.2, 0.25) is 0 Å². The number of furan rings is 1. The molecule has 3 N–H and O–H groups in total. The molecule has 0 fully saturated rings. The fourth-order valence-corrected chi connectivity index (χ4v) is 2.36. The van der Waals surface area contributed by atoms with E-state index in [0.29, 0.717) is 17.8 Å². The summed E-state index contributed by atoms with van der Waals surface area (Å²) in [5, 5.41) is 16.2. The van der Waals surface area contributed by atoms with Crippen LogP contribution in [0.1, 0.15) is 10.6 Å². The predicted molar refractivity (Wildman–Crippen MR) is 95.8 cm³/mol. The number of benzene rings is 2. The van der Waals surface area contributed by atoms with Gasteiger partial charge in [0.25, 0.3) is 5.91 Å². The van der Waals surface area contributed by atoms with Crippen LogP contribution in [0.2, 0.25) is 0 Å². The van der Waals surface area contributed by atoms with Crippen molar-refractivity contribution in [3.05, 3.63) is 60.4 Å². The SMILES string of the molecule is O=C(Nc1ccc(NCC(O)CCl)cc1)c1cc2ccccc2o1. The third kappa shape index (κ3) is 3.88. The molecule has 0 aliphatic heterocycles. The van der Waals surface area contributed by atoms with Crippen LogP contribution in [0, 0.1) is 0 Å². The number of fused-ring (bicyclic) bond motifs is 1. The fraction of sp³-hybridized carbons (Fsp3) is 0.167. The molecule has 0 aliphatic rings. The molecule has 3 aromatic rings. The molecule has 3 rings (SSSR count). The van der Waals surface area contributed by atoms with Crippen molar-refractivity contribution in [2.75, 3.05) is 23.1 Å². The Hall–Kier alpha value is -2.50. The highest BCUT2D eigenvalue weighted by atomic mass is 35.5. The first-order valence-electron chi connectivity index (χ1n) is 7.53. The molecule has 124 valence electrons. The van der Waals surface area contributed by atoms with E-state index >= 15 is 0 Å². The van der Waals surface area contributed by atoms with E-state index in [1.54, 1.807) is 18.2 Å². The molecular weight excluding hydrogens is 328 g/mol. The molecular formula is C18H17ClN2O3. The van der Waals surface area contributed by atoms with E-state index in [1.165, 1.54) is 0 Å². The number of para-hydroxylation sites is 1. The Kier molecular flexibility index (Phi) is 5.03. The second-order valence-corrected chi connectivity index (χ2v) is 5.68. The third-order valence-corrected chi connectivity index (χ3v) is 3.87. The summed E-state index contributed by atoms with van der Waals surface area (Å²) in [6.45, 7) is 0.369. The first-order valence-corrected chi connectivity index (χ1v) is 8.07. The van der Waals surface area contributed by atoms with Gasteiger partial charge in [-0.05, 0) is 36.4 Å². The Morgan fingerprint density at radius 3 is 2.54 bits per heavy atom. The molecule has 1 heterocycles. The van der Waals surface area contributed by atoms with Gasteiger partial charge >= 0.3 is 0 Å². The molecule has 0 bridgehead atoms. The van der Waals surface area contributed by atoms with Crippen molar-refractivity contribution in [1.29, 1.82) is 0 Å². The van der Waals surface area contributed by atoms with E-state index in [-0.39, 0.29) is 17.5 Å². The summed E-state index contributed by atoms with van der Waals surface area (Å²) in [5.74, 6) is 0.145. The van der Waals surface area contributed by atoms with Gasteiger partial charge < -0.3 is 20.2 Å². The lowest BCUT2D eigenvalue weighted by Crippen LogP contribution is -2.20. The van der Waals surface area contributed by atoms with Gasteiger partial charge in [-0.3, -0.25) is 4.79 Å². The van der Waals surface area contributed by atoms with Crippen LogP contribution < -0.4 is 10.6 Å². The summed E-state index contributed by atoms with van der Waals surface area (Å²) in [4.78, 5) is 12.3. The number of aliphatic hydroxyl groups excluding tert-OH is 1. The van der Waals surface area contributed by atoms with Gasteiger partial charge in [0.15, 0.2) is 5.76 Å². The number of nitrogens with one attached hydrogen (secondary N) is 2. The minimum atomic E-state index is -0.598. The van der Waals surface area contributed by atoms with Crippen molar-refractivity contribution in [3.63, 3.8) is 0 Å². The van der Waals surface area contributed by atoms with Gasteiger partial charge in [-0.15, -0.1) is 11.6 Å². The van der Waals surface area contributed by atoms with Crippen molar-refractivity contribution in [2.45, 2.75) is 6.10 Å². The van der Waals surface area contributed by atoms with Crippen LogP contribution >= 0.6 is 11.6 Å². The number of aliphatic hydroxyl groups is 1. The zero-order valence-corrected chi connectivity index (χ0v) is 13.6. The number of amides is 1. The summed E-state index contributed by atoms with van der Waals surface area (Å²) >= 11 is 5.54. The zero-order valence-electron chi connectivity index (χ0n) is 12.8. The molecule has 0 aliphatic carbocycles. The van der Waals surface area contributed by atoms with Crippen molar-refractivity contribution in [1.82, 2.24) is 0 Å². The first kappa shape index (κ1) is 16.4. The van der Waals surface area contributed by atoms with Gasteiger partial charge in [-0.1, -0.05) is 18.2 Å². The second-order valence-electron chi connectivity index (χ2n) is 5.37. The Bertz CT molecular complexity index is 797. The normalized spacial score (nSPS) is 12.1.